The molecule has 1 aliphatic heterocycles. The maximum absolute atomic E-state index is 12.7. The number of nitrogens with one attached hydrogen (secondary N) is 1. The second-order valence-corrected chi connectivity index (χ2v) is 5.16. The van der Waals surface area contributed by atoms with Crippen molar-refractivity contribution >= 4 is 11.3 Å². The van der Waals surface area contributed by atoms with Gasteiger partial charge >= 0.3 is 0 Å². The van der Waals surface area contributed by atoms with Crippen molar-refractivity contribution in [3.63, 3.8) is 0 Å². The summed E-state index contributed by atoms with van der Waals surface area (Å²) in [4.78, 5) is 0. The molecule has 1 aromatic rings. The lowest BCUT2D eigenvalue weighted by molar-refractivity contribution is 0.148. The van der Waals surface area contributed by atoms with Gasteiger partial charge in [0.05, 0.1) is 0 Å². The van der Waals surface area contributed by atoms with Gasteiger partial charge in [-0.25, -0.2) is 8.78 Å². The molecule has 3 N–H and O–H groups in total. The van der Waals surface area contributed by atoms with Crippen LogP contribution in [0, 0.1) is 5.92 Å². The van der Waals surface area contributed by atoms with Crippen LogP contribution in [0.5, 0.6) is 0 Å². The van der Waals surface area contributed by atoms with Gasteiger partial charge < -0.3 is 11.1 Å². The molecule has 2 nitrogen and oxygen atoms in total. The standard InChI is InChI=1S/C11H16F2N2S/c1-6-2-10(15-3-9(6)14)7-4-16-5-8(7)11(12)13/h4-6,9-11,15H,2-3,14H2,1H3. The zero-order valence-electron chi connectivity index (χ0n) is 9.12. The van der Waals surface area contributed by atoms with Gasteiger partial charge in [0.1, 0.15) is 0 Å². The zero-order chi connectivity index (χ0) is 11.7. The molecule has 1 fully saturated rings. The summed E-state index contributed by atoms with van der Waals surface area (Å²) >= 11 is 1.34. The van der Waals surface area contributed by atoms with Gasteiger partial charge in [-0.2, -0.15) is 11.3 Å². The Kier molecular flexibility index (Phi) is 3.56. The molecule has 0 aliphatic carbocycles. The summed E-state index contributed by atoms with van der Waals surface area (Å²) in [6, 6.07) is 0.162. The highest BCUT2D eigenvalue weighted by Crippen LogP contribution is 2.35. The first kappa shape index (κ1) is 12.0. The molecule has 2 heterocycles. The summed E-state index contributed by atoms with van der Waals surface area (Å²) in [5.74, 6) is 0.372. The summed E-state index contributed by atoms with van der Waals surface area (Å²) in [5, 5.41) is 6.61. The van der Waals surface area contributed by atoms with Crippen molar-refractivity contribution in [1.82, 2.24) is 5.32 Å². The van der Waals surface area contributed by atoms with E-state index in [2.05, 4.69) is 12.2 Å². The Morgan fingerprint density at radius 1 is 1.50 bits per heavy atom. The average Bonchev–Trinajstić information content (AvgIpc) is 2.71. The molecular weight excluding hydrogens is 230 g/mol. The van der Waals surface area contributed by atoms with Gasteiger partial charge in [0.15, 0.2) is 0 Å². The van der Waals surface area contributed by atoms with Crippen molar-refractivity contribution in [2.45, 2.75) is 31.9 Å². The number of halogens is 2. The number of thiophene rings is 1. The van der Waals surface area contributed by atoms with E-state index in [4.69, 9.17) is 5.73 Å². The Morgan fingerprint density at radius 3 is 2.88 bits per heavy atom. The molecule has 1 aromatic heterocycles. The van der Waals surface area contributed by atoms with Crippen molar-refractivity contribution in [2.24, 2.45) is 11.7 Å². The molecular formula is C11H16F2N2S. The van der Waals surface area contributed by atoms with Crippen LogP contribution in [0.3, 0.4) is 0 Å². The third kappa shape index (κ3) is 2.26. The smallest absolute Gasteiger partial charge is 0.264 e. The number of alkyl halides is 2. The second kappa shape index (κ2) is 4.77. The zero-order valence-corrected chi connectivity index (χ0v) is 9.94. The lowest BCUT2D eigenvalue weighted by atomic mass is 9.87. The molecule has 3 atom stereocenters. The fourth-order valence-corrected chi connectivity index (χ4v) is 3.02. The average molecular weight is 246 g/mol. The molecule has 0 spiro atoms. The van der Waals surface area contributed by atoms with E-state index in [1.807, 2.05) is 5.38 Å². The third-order valence-electron chi connectivity index (χ3n) is 3.27. The van der Waals surface area contributed by atoms with Crippen molar-refractivity contribution in [1.29, 1.82) is 0 Å². The first-order chi connectivity index (χ1) is 7.59. The molecule has 3 unspecified atom stereocenters. The van der Waals surface area contributed by atoms with E-state index in [1.165, 1.54) is 11.3 Å². The Balaban J connectivity index is 2.15. The van der Waals surface area contributed by atoms with Gasteiger partial charge in [-0.3, -0.25) is 0 Å². The number of piperidine rings is 1. The normalized spacial score (nSPS) is 30.9. The van der Waals surface area contributed by atoms with Gasteiger partial charge in [0, 0.05) is 24.2 Å². The quantitative estimate of drug-likeness (QED) is 0.842. The fourth-order valence-electron chi connectivity index (χ4n) is 2.12. The van der Waals surface area contributed by atoms with E-state index in [1.54, 1.807) is 5.38 Å². The molecule has 2 rings (SSSR count). The Hall–Kier alpha value is -0.520. The van der Waals surface area contributed by atoms with Gasteiger partial charge in [-0.1, -0.05) is 6.92 Å². The Bertz CT molecular complexity index is 354. The van der Waals surface area contributed by atoms with Crippen LogP contribution in [-0.4, -0.2) is 12.6 Å². The van der Waals surface area contributed by atoms with Gasteiger partial charge in [-0.05, 0) is 28.7 Å². The lowest BCUT2D eigenvalue weighted by Crippen LogP contribution is -2.46. The van der Waals surface area contributed by atoms with E-state index in [0.29, 0.717) is 12.5 Å². The lowest BCUT2D eigenvalue weighted by Gasteiger charge is -2.33. The molecule has 0 bridgehead atoms. The summed E-state index contributed by atoms with van der Waals surface area (Å²) in [6.07, 6.45) is -1.55. The predicted molar refractivity (Wildman–Crippen MR) is 61.8 cm³/mol. The minimum atomic E-state index is -2.38. The third-order valence-corrected chi connectivity index (χ3v) is 4.05. The molecule has 90 valence electrons. The molecule has 1 aliphatic rings. The largest absolute Gasteiger partial charge is 0.326 e. The van der Waals surface area contributed by atoms with Crippen molar-refractivity contribution in [2.75, 3.05) is 6.54 Å². The van der Waals surface area contributed by atoms with Crippen LogP contribution in [-0.2, 0) is 0 Å². The van der Waals surface area contributed by atoms with Crippen LogP contribution in [0.1, 0.15) is 36.9 Å². The minimum absolute atomic E-state index is 0.0325. The van der Waals surface area contributed by atoms with E-state index in [9.17, 15) is 8.78 Å². The van der Waals surface area contributed by atoms with Crippen molar-refractivity contribution in [3.05, 3.63) is 21.9 Å². The summed E-state index contributed by atoms with van der Waals surface area (Å²) in [7, 11) is 0. The molecule has 0 amide bonds. The number of hydrogen-bond donors (Lipinski definition) is 2. The Labute approximate surface area is 97.8 Å². The van der Waals surface area contributed by atoms with Gasteiger partial charge in [0.25, 0.3) is 6.43 Å². The Morgan fingerprint density at radius 2 is 2.25 bits per heavy atom. The molecule has 1 saturated heterocycles. The second-order valence-electron chi connectivity index (χ2n) is 4.42. The monoisotopic (exact) mass is 246 g/mol. The summed E-state index contributed by atoms with van der Waals surface area (Å²) in [5.41, 5.74) is 6.80. The first-order valence-electron chi connectivity index (χ1n) is 5.42. The molecule has 0 aromatic carbocycles. The van der Waals surface area contributed by atoms with Crippen LogP contribution < -0.4 is 11.1 Å². The molecule has 5 heteroatoms. The van der Waals surface area contributed by atoms with Crippen LogP contribution in [0.25, 0.3) is 0 Å². The first-order valence-corrected chi connectivity index (χ1v) is 6.37. The molecule has 16 heavy (non-hydrogen) atoms. The maximum atomic E-state index is 12.7. The number of hydrogen-bond acceptors (Lipinski definition) is 3. The van der Waals surface area contributed by atoms with Gasteiger partial charge in [-0.15, -0.1) is 0 Å². The topological polar surface area (TPSA) is 38.0 Å². The van der Waals surface area contributed by atoms with E-state index < -0.39 is 6.43 Å². The van der Waals surface area contributed by atoms with Crippen LogP contribution in [0.4, 0.5) is 8.78 Å². The highest BCUT2D eigenvalue weighted by molar-refractivity contribution is 7.08. The maximum Gasteiger partial charge on any atom is 0.264 e. The summed E-state index contributed by atoms with van der Waals surface area (Å²) < 4.78 is 25.5. The number of nitrogens with two attached hydrogens (primary N) is 1. The molecule has 0 saturated carbocycles. The van der Waals surface area contributed by atoms with Crippen LogP contribution in [0.2, 0.25) is 0 Å². The van der Waals surface area contributed by atoms with E-state index >= 15 is 0 Å². The predicted octanol–water partition coefficient (Wildman–Crippen LogP) is 2.68. The highest BCUT2D eigenvalue weighted by atomic mass is 32.1. The molecule has 0 radical (unpaired) electrons. The van der Waals surface area contributed by atoms with E-state index in [-0.39, 0.29) is 17.6 Å². The van der Waals surface area contributed by atoms with Crippen LogP contribution >= 0.6 is 11.3 Å². The minimum Gasteiger partial charge on any atom is -0.326 e. The van der Waals surface area contributed by atoms with Crippen molar-refractivity contribution in [3.8, 4) is 0 Å². The van der Waals surface area contributed by atoms with Gasteiger partial charge in [0.2, 0.25) is 0 Å². The number of rotatable bonds is 2. The fraction of sp³-hybridized carbons (Fsp3) is 0.636. The highest BCUT2D eigenvalue weighted by Gasteiger charge is 2.28. The SMILES string of the molecule is CC1CC(c2cscc2C(F)F)NCC1N. The van der Waals surface area contributed by atoms with E-state index in [0.717, 1.165) is 12.0 Å². The van der Waals surface area contributed by atoms with Crippen LogP contribution in [0.15, 0.2) is 10.8 Å². The summed E-state index contributed by atoms with van der Waals surface area (Å²) in [6.45, 7) is 2.78. The van der Waals surface area contributed by atoms with Crippen molar-refractivity contribution < 1.29 is 8.78 Å².